The maximum Gasteiger partial charge on any atom is 0.433 e. The van der Waals surface area contributed by atoms with Crippen LogP contribution in [0.2, 0.25) is 0 Å². The molecule has 0 atom stereocenters. The van der Waals surface area contributed by atoms with Crippen LogP contribution in [0.1, 0.15) is 16.8 Å². The first-order valence-corrected chi connectivity index (χ1v) is 11.8. The van der Waals surface area contributed by atoms with Gasteiger partial charge in [0.15, 0.2) is 17.1 Å². The molecule has 38 heavy (non-hydrogen) atoms. The molecule has 1 amide bonds. The average Bonchev–Trinajstić information content (AvgIpc) is 3.20. The Labute approximate surface area is 209 Å². The molecule has 0 radical (unpaired) electrons. The number of alkyl halides is 6. The van der Waals surface area contributed by atoms with E-state index in [1.807, 2.05) is 0 Å². The van der Waals surface area contributed by atoms with Gasteiger partial charge in [-0.25, -0.2) is 27.9 Å². The average molecular weight is 559 g/mol. The summed E-state index contributed by atoms with van der Waals surface area (Å²) in [5.41, 5.74) is -2.92. The molecule has 0 fully saturated rings. The minimum absolute atomic E-state index is 0.00705. The lowest BCUT2D eigenvalue weighted by molar-refractivity contribution is -0.142. The molecule has 4 aromatic rings. The fourth-order valence-corrected chi connectivity index (χ4v) is 3.88. The highest BCUT2D eigenvalue weighted by atomic mass is 32.2. The first kappa shape index (κ1) is 26.9. The second kappa shape index (κ2) is 9.29. The molecule has 3 N–H and O–H groups in total. The molecule has 0 saturated heterocycles. The summed E-state index contributed by atoms with van der Waals surface area (Å²) in [6.07, 6.45) is -10.0. The third kappa shape index (κ3) is 5.55. The summed E-state index contributed by atoms with van der Waals surface area (Å²) in [7, 11) is -4.10. The Morgan fingerprint density at radius 1 is 1.00 bits per heavy atom. The van der Waals surface area contributed by atoms with Gasteiger partial charge in [-0.05, 0) is 42.8 Å². The SMILES string of the molecule is Cc1ccc(S(N)(=O)=O)cc1NC(=O)Oc1cnn2c(C(F)(F)F)cc(-c3ccc(C(F)(F)F)cc3)nc12. The number of primary sulfonamides is 1. The molecule has 0 bridgehead atoms. The molecule has 2 heterocycles. The third-order valence-corrected chi connectivity index (χ3v) is 6.13. The summed E-state index contributed by atoms with van der Waals surface area (Å²) in [6.45, 7) is 1.53. The standard InChI is InChI=1S/C22H15F6N5O4S/c1-11-2-7-14(38(29,35)36)8-15(11)32-20(34)37-17-10-30-33-18(22(26,27)28)9-16(31-19(17)33)12-3-5-13(6-4-12)21(23,24)25/h2-10H,1H3,(H,32,34)(H2,29,35,36). The van der Waals surface area contributed by atoms with Gasteiger partial charge in [-0.15, -0.1) is 0 Å². The van der Waals surface area contributed by atoms with Crippen molar-refractivity contribution in [2.75, 3.05) is 5.32 Å². The van der Waals surface area contributed by atoms with Crippen LogP contribution in [0, 0.1) is 6.92 Å². The molecule has 2 aromatic carbocycles. The van der Waals surface area contributed by atoms with Gasteiger partial charge >= 0.3 is 18.4 Å². The normalized spacial score (nSPS) is 12.5. The third-order valence-electron chi connectivity index (χ3n) is 5.21. The Kier molecular flexibility index (Phi) is 6.57. The lowest BCUT2D eigenvalue weighted by atomic mass is 10.1. The molecule has 0 aliphatic heterocycles. The molecule has 0 saturated carbocycles. The Balaban J connectivity index is 1.72. The van der Waals surface area contributed by atoms with Crippen molar-refractivity contribution < 1.29 is 44.3 Å². The smallest absolute Gasteiger partial charge is 0.404 e. The van der Waals surface area contributed by atoms with E-state index in [9.17, 15) is 39.6 Å². The number of rotatable bonds is 4. The van der Waals surface area contributed by atoms with E-state index in [1.165, 1.54) is 19.1 Å². The summed E-state index contributed by atoms with van der Waals surface area (Å²) in [4.78, 5) is 16.2. The molecular formula is C22H15F6N5O4S. The van der Waals surface area contributed by atoms with Crippen molar-refractivity contribution in [3.05, 3.63) is 71.5 Å². The van der Waals surface area contributed by atoms with Gasteiger partial charge < -0.3 is 4.74 Å². The predicted octanol–water partition coefficient (Wildman–Crippen LogP) is 5.00. The number of nitrogens with one attached hydrogen (secondary N) is 1. The minimum atomic E-state index is -4.96. The lowest BCUT2D eigenvalue weighted by Gasteiger charge is -2.13. The fraction of sp³-hybridized carbons (Fsp3) is 0.136. The van der Waals surface area contributed by atoms with Gasteiger partial charge in [0.05, 0.1) is 22.3 Å². The first-order chi connectivity index (χ1) is 17.5. The molecule has 200 valence electrons. The van der Waals surface area contributed by atoms with Gasteiger partial charge in [-0.3, -0.25) is 5.32 Å². The van der Waals surface area contributed by atoms with Crippen molar-refractivity contribution in [3.8, 4) is 17.0 Å². The number of aromatic nitrogens is 3. The van der Waals surface area contributed by atoms with Crippen molar-refractivity contribution in [1.82, 2.24) is 14.6 Å². The Hall–Kier alpha value is -4.18. The second-order valence-corrected chi connectivity index (χ2v) is 9.44. The zero-order valence-electron chi connectivity index (χ0n) is 18.9. The van der Waals surface area contributed by atoms with Gasteiger partial charge in [-0.2, -0.15) is 31.4 Å². The van der Waals surface area contributed by atoms with E-state index in [2.05, 4.69) is 15.4 Å². The maximum absolute atomic E-state index is 13.8. The van der Waals surface area contributed by atoms with E-state index in [-0.39, 0.29) is 21.8 Å². The maximum atomic E-state index is 13.8. The van der Waals surface area contributed by atoms with Crippen LogP contribution in [-0.4, -0.2) is 29.1 Å². The number of carbonyl (C=O) groups is 1. The Morgan fingerprint density at radius 2 is 1.66 bits per heavy atom. The number of hydrogen-bond donors (Lipinski definition) is 2. The van der Waals surface area contributed by atoms with Crippen LogP contribution in [0.4, 0.5) is 36.8 Å². The second-order valence-electron chi connectivity index (χ2n) is 7.88. The number of anilines is 1. The van der Waals surface area contributed by atoms with Crippen molar-refractivity contribution >= 4 is 27.5 Å². The summed E-state index contributed by atoms with van der Waals surface area (Å²) in [5, 5.41) is 10.9. The predicted molar refractivity (Wildman–Crippen MR) is 121 cm³/mol. The van der Waals surface area contributed by atoms with Gasteiger partial charge in [0, 0.05) is 11.3 Å². The number of nitrogens with zero attached hydrogens (tertiary/aromatic N) is 3. The molecular weight excluding hydrogens is 544 g/mol. The molecule has 0 aliphatic carbocycles. The van der Waals surface area contributed by atoms with E-state index in [1.54, 1.807) is 0 Å². The van der Waals surface area contributed by atoms with Crippen LogP contribution in [-0.2, 0) is 22.4 Å². The van der Waals surface area contributed by atoms with Crippen LogP contribution in [0.15, 0.2) is 59.6 Å². The number of ether oxygens (including phenoxy) is 1. The van der Waals surface area contributed by atoms with Crippen molar-refractivity contribution in [2.45, 2.75) is 24.2 Å². The Bertz CT molecular complexity index is 1650. The molecule has 2 aromatic heterocycles. The van der Waals surface area contributed by atoms with Crippen LogP contribution in [0.3, 0.4) is 0 Å². The molecule has 16 heteroatoms. The number of carbonyl (C=O) groups excluding carboxylic acids is 1. The van der Waals surface area contributed by atoms with Gasteiger partial charge in [0.1, 0.15) is 0 Å². The van der Waals surface area contributed by atoms with Gasteiger partial charge in [0.25, 0.3) is 0 Å². The van der Waals surface area contributed by atoms with E-state index in [0.29, 0.717) is 28.3 Å². The van der Waals surface area contributed by atoms with Crippen LogP contribution in [0.25, 0.3) is 16.9 Å². The van der Waals surface area contributed by atoms with Crippen molar-refractivity contribution in [2.24, 2.45) is 5.14 Å². The Morgan fingerprint density at radius 3 is 2.24 bits per heavy atom. The highest BCUT2D eigenvalue weighted by molar-refractivity contribution is 7.89. The first-order valence-electron chi connectivity index (χ1n) is 10.3. The number of hydrogen-bond acceptors (Lipinski definition) is 6. The number of halogens is 6. The summed E-state index contributed by atoms with van der Waals surface area (Å²) in [5.74, 6) is -0.512. The zero-order chi connectivity index (χ0) is 28.0. The van der Waals surface area contributed by atoms with E-state index in [0.717, 1.165) is 24.4 Å². The largest absolute Gasteiger partial charge is 0.433 e. The van der Waals surface area contributed by atoms with Crippen molar-refractivity contribution in [1.29, 1.82) is 0 Å². The zero-order valence-corrected chi connectivity index (χ0v) is 19.7. The summed E-state index contributed by atoms with van der Waals surface area (Å²) in [6, 6.07) is 7.50. The number of aryl methyl sites for hydroxylation is 1. The molecule has 4 rings (SSSR count). The number of nitrogens with two attached hydrogens (primary N) is 1. The minimum Gasteiger partial charge on any atom is -0.404 e. The number of fused-ring (bicyclic) bond motifs is 1. The van der Waals surface area contributed by atoms with E-state index < -0.39 is 51.1 Å². The number of benzene rings is 2. The highest BCUT2D eigenvalue weighted by Gasteiger charge is 2.36. The number of amides is 1. The van der Waals surface area contributed by atoms with Gasteiger partial charge in [0.2, 0.25) is 10.0 Å². The van der Waals surface area contributed by atoms with Crippen LogP contribution < -0.4 is 15.2 Å². The van der Waals surface area contributed by atoms with Crippen LogP contribution >= 0.6 is 0 Å². The monoisotopic (exact) mass is 559 g/mol. The number of sulfonamides is 1. The van der Waals surface area contributed by atoms with Crippen LogP contribution in [0.5, 0.6) is 5.75 Å². The summed E-state index contributed by atoms with van der Waals surface area (Å²) >= 11 is 0. The van der Waals surface area contributed by atoms with Crippen molar-refractivity contribution in [3.63, 3.8) is 0 Å². The molecule has 0 spiro atoms. The topological polar surface area (TPSA) is 129 Å². The highest BCUT2D eigenvalue weighted by Crippen LogP contribution is 2.35. The quantitative estimate of drug-likeness (QED) is 0.339. The lowest BCUT2D eigenvalue weighted by Crippen LogP contribution is -2.19. The fourth-order valence-electron chi connectivity index (χ4n) is 3.34. The van der Waals surface area contributed by atoms with E-state index >= 15 is 0 Å². The summed E-state index contributed by atoms with van der Waals surface area (Å²) < 4.78 is 109. The van der Waals surface area contributed by atoms with Gasteiger partial charge in [-0.1, -0.05) is 18.2 Å². The van der Waals surface area contributed by atoms with E-state index in [4.69, 9.17) is 9.88 Å². The molecule has 9 nitrogen and oxygen atoms in total. The molecule has 0 unspecified atom stereocenters. The molecule has 0 aliphatic rings.